The highest BCUT2D eigenvalue weighted by molar-refractivity contribution is 5.75. The summed E-state index contributed by atoms with van der Waals surface area (Å²) >= 11 is 0. The van der Waals surface area contributed by atoms with Gasteiger partial charge in [0.2, 0.25) is 5.91 Å². The number of unbranched alkanes of at least 4 members (excludes halogenated alkanes) is 2. The van der Waals surface area contributed by atoms with Crippen LogP contribution in [0.2, 0.25) is 0 Å². The molecule has 0 aliphatic carbocycles. The van der Waals surface area contributed by atoms with Crippen molar-refractivity contribution in [3.8, 4) is 0 Å². The Morgan fingerprint density at radius 3 is 2.56 bits per heavy atom. The highest BCUT2D eigenvalue weighted by atomic mass is 16.1. The van der Waals surface area contributed by atoms with Crippen molar-refractivity contribution < 1.29 is 4.79 Å². The SMILES string of the molecule is CCC(C)CNCCNC(=O)CCCCCNC. The first-order valence-corrected chi connectivity index (χ1v) is 7.32. The molecule has 0 saturated carbocycles. The number of hydrogen-bond acceptors (Lipinski definition) is 3. The molecule has 0 rings (SSSR count). The van der Waals surface area contributed by atoms with Gasteiger partial charge in [0.1, 0.15) is 0 Å². The van der Waals surface area contributed by atoms with E-state index in [2.05, 4.69) is 29.8 Å². The van der Waals surface area contributed by atoms with Crippen molar-refractivity contribution in [2.75, 3.05) is 33.2 Å². The van der Waals surface area contributed by atoms with Crippen molar-refractivity contribution in [3.63, 3.8) is 0 Å². The molecule has 0 saturated heterocycles. The normalized spacial score (nSPS) is 12.4. The molecule has 0 fully saturated rings. The number of hydrogen-bond donors (Lipinski definition) is 3. The van der Waals surface area contributed by atoms with E-state index in [1.165, 1.54) is 6.42 Å². The van der Waals surface area contributed by atoms with Crippen molar-refractivity contribution in [2.24, 2.45) is 5.92 Å². The molecular weight excluding hydrogens is 226 g/mol. The van der Waals surface area contributed by atoms with Crippen molar-refractivity contribution in [2.45, 2.75) is 46.0 Å². The summed E-state index contributed by atoms with van der Waals surface area (Å²) in [5.74, 6) is 0.901. The Morgan fingerprint density at radius 1 is 1.11 bits per heavy atom. The van der Waals surface area contributed by atoms with Crippen molar-refractivity contribution in [1.82, 2.24) is 16.0 Å². The minimum Gasteiger partial charge on any atom is -0.355 e. The first-order valence-electron chi connectivity index (χ1n) is 7.32. The lowest BCUT2D eigenvalue weighted by molar-refractivity contribution is -0.121. The molecule has 0 aromatic rings. The van der Waals surface area contributed by atoms with E-state index in [0.717, 1.165) is 45.4 Å². The molecule has 3 N–H and O–H groups in total. The molecule has 0 radical (unpaired) electrons. The summed E-state index contributed by atoms with van der Waals surface area (Å²) in [5.41, 5.74) is 0. The van der Waals surface area contributed by atoms with Crippen LogP contribution in [0.1, 0.15) is 46.0 Å². The second-order valence-corrected chi connectivity index (χ2v) is 4.98. The summed E-state index contributed by atoms with van der Waals surface area (Å²) in [6, 6.07) is 0. The molecule has 1 atom stereocenters. The average molecular weight is 257 g/mol. The summed E-state index contributed by atoms with van der Waals surface area (Å²) in [4.78, 5) is 11.5. The Balaban J connectivity index is 3.22. The maximum atomic E-state index is 11.5. The zero-order valence-corrected chi connectivity index (χ0v) is 12.3. The van der Waals surface area contributed by atoms with Gasteiger partial charge in [0.05, 0.1) is 0 Å². The first kappa shape index (κ1) is 17.4. The third-order valence-corrected chi connectivity index (χ3v) is 3.14. The van der Waals surface area contributed by atoms with Crippen LogP contribution in [0, 0.1) is 5.92 Å². The number of nitrogens with one attached hydrogen (secondary N) is 3. The summed E-state index contributed by atoms with van der Waals surface area (Å²) in [6.45, 7) is 8.12. The zero-order chi connectivity index (χ0) is 13.6. The van der Waals surface area contributed by atoms with Crippen LogP contribution in [-0.2, 0) is 4.79 Å². The smallest absolute Gasteiger partial charge is 0.220 e. The quantitative estimate of drug-likeness (QED) is 0.465. The van der Waals surface area contributed by atoms with E-state index in [0.29, 0.717) is 12.3 Å². The van der Waals surface area contributed by atoms with Crippen LogP contribution < -0.4 is 16.0 Å². The molecule has 18 heavy (non-hydrogen) atoms. The molecule has 0 aromatic carbocycles. The van der Waals surface area contributed by atoms with E-state index in [4.69, 9.17) is 0 Å². The Labute approximate surface area is 112 Å². The Hall–Kier alpha value is -0.610. The van der Waals surface area contributed by atoms with Gasteiger partial charge in [0.15, 0.2) is 0 Å². The maximum absolute atomic E-state index is 11.5. The van der Waals surface area contributed by atoms with Gasteiger partial charge in [-0.2, -0.15) is 0 Å². The van der Waals surface area contributed by atoms with Gasteiger partial charge in [0, 0.05) is 19.5 Å². The number of carbonyl (C=O) groups is 1. The monoisotopic (exact) mass is 257 g/mol. The summed E-state index contributed by atoms with van der Waals surface area (Å²) in [7, 11) is 1.96. The van der Waals surface area contributed by atoms with Crippen LogP contribution >= 0.6 is 0 Å². The molecule has 0 heterocycles. The molecule has 0 aliphatic heterocycles. The van der Waals surface area contributed by atoms with Crippen LogP contribution in [-0.4, -0.2) is 39.1 Å². The summed E-state index contributed by atoms with van der Waals surface area (Å²) < 4.78 is 0. The maximum Gasteiger partial charge on any atom is 0.220 e. The molecule has 4 nitrogen and oxygen atoms in total. The minimum atomic E-state index is 0.185. The largest absolute Gasteiger partial charge is 0.355 e. The molecule has 1 amide bonds. The lowest BCUT2D eigenvalue weighted by atomic mass is 10.1. The van der Waals surface area contributed by atoms with E-state index < -0.39 is 0 Å². The van der Waals surface area contributed by atoms with Gasteiger partial charge < -0.3 is 16.0 Å². The van der Waals surface area contributed by atoms with Crippen molar-refractivity contribution in [1.29, 1.82) is 0 Å². The highest BCUT2D eigenvalue weighted by Crippen LogP contribution is 1.98. The Kier molecular flexibility index (Phi) is 12.4. The number of amides is 1. The first-order chi connectivity index (χ1) is 8.70. The van der Waals surface area contributed by atoms with E-state index >= 15 is 0 Å². The molecule has 0 spiro atoms. The van der Waals surface area contributed by atoms with Gasteiger partial charge >= 0.3 is 0 Å². The van der Waals surface area contributed by atoms with Crippen LogP contribution in [0.25, 0.3) is 0 Å². The topological polar surface area (TPSA) is 53.2 Å². The summed E-state index contributed by atoms with van der Waals surface area (Å²) in [6.07, 6.45) is 5.13. The van der Waals surface area contributed by atoms with E-state index in [9.17, 15) is 4.79 Å². The number of rotatable bonds is 12. The van der Waals surface area contributed by atoms with Crippen molar-refractivity contribution >= 4 is 5.91 Å². The van der Waals surface area contributed by atoms with Gasteiger partial charge in [-0.25, -0.2) is 0 Å². The highest BCUT2D eigenvalue weighted by Gasteiger charge is 2.00. The van der Waals surface area contributed by atoms with Crippen LogP contribution in [0.3, 0.4) is 0 Å². The standard InChI is InChI=1S/C14H31N3O/c1-4-13(2)12-16-10-11-17-14(18)8-6-5-7-9-15-3/h13,15-16H,4-12H2,1-3H3,(H,17,18). The van der Waals surface area contributed by atoms with Crippen molar-refractivity contribution in [3.05, 3.63) is 0 Å². The van der Waals surface area contributed by atoms with Crippen LogP contribution in [0.15, 0.2) is 0 Å². The molecule has 108 valence electrons. The van der Waals surface area contributed by atoms with E-state index in [-0.39, 0.29) is 5.91 Å². The van der Waals surface area contributed by atoms with Gasteiger partial charge in [0.25, 0.3) is 0 Å². The predicted octanol–water partition coefficient (Wildman–Crippen LogP) is 1.52. The van der Waals surface area contributed by atoms with E-state index in [1.54, 1.807) is 0 Å². The minimum absolute atomic E-state index is 0.185. The van der Waals surface area contributed by atoms with Crippen LogP contribution in [0.5, 0.6) is 0 Å². The summed E-state index contributed by atoms with van der Waals surface area (Å²) in [5, 5.41) is 9.41. The fourth-order valence-corrected chi connectivity index (χ4v) is 1.64. The predicted molar refractivity (Wildman–Crippen MR) is 77.7 cm³/mol. The Morgan fingerprint density at radius 2 is 1.89 bits per heavy atom. The molecular formula is C14H31N3O. The van der Waals surface area contributed by atoms with E-state index in [1.807, 2.05) is 7.05 Å². The van der Waals surface area contributed by atoms with Crippen LogP contribution in [0.4, 0.5) is 0 Å². The second kappa shape index (κ2) is 12.8. The zero-order valence-electron chi connectivity index (χ0n) is 12.3. The number of carbonyl (C=O) groups excluding carboxylic acids is 1. The molecule has 1 unspecified atom stereocenters. The lowest BCUT2D eigenvalue weighted by Crippen LogP contribution is -2.33. The molecule has 0 aliphatic rings. The Bertz CT molecular complexity index is 197. The fraction of sp³-hybridized carbons (Fsp3) is 0.929. The third-order valence-electron chi connectivity index (χ3n) is 3.14. The van der Waals surface area contributed by atoms with Gasteiger partial charge in [-0.1, -0.05) is 26.7 Å². The fourth-order valence-electron chi connectivity index (χ4n) is 1.64. The lowest BCUT2D eigenvalue weighted by Gasteiger charge is -2.10. The average Bonchev–Trinajstić information content (AvgIpc) is 2.37. The third kappa shape index (κ3) is 11.9. The van der Waals surface area contributed by atoms with Gasteiger partial charge in [-0.3, -0.25) is 4.79 Å². The van der Waals surface area contributed by atoms with Gasteiger partial charge in [-0.05, 0) is 38.9 Å². The molecule has 4 heteroatoms. The van der Waals surface area contributed by atoms with Gasteiger partial charge in [-0.15, -0.1) is 0 Å². The second-order valence-electron chi connectivity index (χ2n) is 4.98. The molecule has 0 aromatic heterocycles. The molecule has 0 bridgehead atoms.